The molecule has 2 heterocycles. The van der Waals surface area contributed by atoms with Crippen molar-refractivity contribution in [3.05, 3.63) is 29.8 Å². The Morgan fingerprint density at radius 1 is 1.45 bits per heavy atom. The Balaban J connectivity index is 1.56. The van der Waals surface area contributed by atoms with Gasteiger partial charge in [0.2, 0.25) is 5.91 Å². The van der Waals surface area contributed by atoms with Crippen LogP contribution in [0.25, 0.3) is 11.0 Å². The standard InChI is InChI=1S/C15H19FN4O2/c16-10-1-2-11-12(9-10)20-13(19-11)3-6-18-14(21)15(17)4-7-22-8-5-15/h1-2,9H,3-8,17H2,(H,18,21)(H,19,20). The first-order valence-electron chi connectivity index (χ1n) is 7.36. The topological polar surface area (TPSA) is 93.0 Å². The minimum absolute atomic E-state index is 0.155. The zero-order valence-electron chi connectivity index (χ0n) is 12.2. The van der Waals surface area contributed by atoms with Gasteiger partial charge in [-0.05, 0) is 31.0 Å². The highest BCUT2D eigenvalue weighted by Crippen LogP contribution is 2.17. The Morgan fingerprint density at radius 3 is 3.00 bits per heavy atom. The van der Waals surface area contributed by atoms with Crippen LogP contribution >= 0.6 is 0 Å². The zero-order valence-corrected chi connectivity index (χ0v) is 12.2. The third kappa shape index (κ3) is 3.10. The third-order valence-electron chi connectivity index (χ3n) is 3.98. The van der Waals surface area contributed by atoms with E-state index in [1.165, 1.54) is 12.1 Å². The van der Waals surface area contributed by atoms with Gasteiger partial charge in [0, 0.05) is 26.2 Å². The lowest BCUT2D eigenvalue weighted by molar-refractivity contribution is -0.129. The first-order valence-corrected chi connectivity index (χ1v) is 7.36. The van der Waals surface area contributed by atoms with Crippen molar-refractivity contribution in [2.24, 2.45) is 5.73 Å². The Labute approximate surface area is 127 Å². The van der Waals surface area contributed by atoms with Crippen LogP contribution in [0.1, 0.15) is 18.7 Å². The van der Waals surface area contributed by atoms with Crippen molar-refractivity contribution in [3.63, 3.8) is 0 Å². The van der Waals surface area contributed by atoms with Crippen LogP contribution in [0, 0.1) is 5.82 Å². The third-order valence-corrected chi connectivity index (χ3v) is 3.98. The first kappa shape index (κ1) is 14.9. The lowest BCUT2D eigenvalue weighted by atomic mass is 9.90. The van der Waals surface area contributed by atoms with Gasteiger partial charge in [0.25, 0.3) is 0 Å². The molecule has 0 spiro atoms. The largest absolute Gasteiger partial charge is 0.381 e. The Bertz CT molecular complexity index is 679. The van der Waals surface area contributed by atoms with E-state index in [0.29, 0.717) is 55.9 Å². The van der Waals surface area contributed by atoms with Crippen LogP contribution in [0.2, 0.25) is 0 Å². The van der Waals surface area contributed by atoms with Gasteiger partial charge in [-0.3, -0.25) is 4.79 Å². The number of hydrogen-bond acceptors (Lipinski definition) is 4. The van der Waals surface area contributed by atoms with Crippen molar-refractivity contribution in [1.29, 1.82) is 0 Å². The predicted molar refractivity (Wildman–Crippen MR) is 79.7 cm³/mol. The summed E-state index contributed by atoms with van der Waals surface area (Å²) in [6, 6.07) is 4.40. The van der Waals surface area contributed by atoms with Gasteiger partial charge in [0.15, 0.2) is 0 Å². The molecule has 0 bridgehead atoms. The molecular formula is C15H19FN4O2. The highest BCUT2D eigenvalue weighted by atomic mass is 19.1. The second-order valence-corrected chi connectivity index (χ2v) is 5.62. The fourth-order valence-corrected chi connectivity index (χ4v) is 2.59. The number of aromatic nitrogens is 2. The van der Waals surface area contributed by atoms with Crippen LogP contribution in [0.4, 0.5) is 4.39 Å². The van der Waals surface area contributed by atoms with Gasteiger partial charge in [-0.25, -0.2) is 9.37 Å². The van der Waals surface area contributed by atoms with Crippen molar-refractivity contribution >= 4 is 16.9 Å². The number of rotatable bonds is 4. The van der Waals surface area contributed by atoms with Crippen molar-refractivity contribution in [3.8, 4) is 0 Å². The number of nitrogens with one attached hydrogen (secondary N) is 2. The number of nitrogens with two attached hydrogens (primary N) is 1. The molecule has 0 atom stereocenters. The highest BCUT2D eigenvalue weighted by Gasteiger charge is 2.35. The van der Waals surface area contributed by atoms with E-state index in [2.05, 4.69) is 15.3 Å². The molecular weight excluding hydrogens is 287 g/mol. The molecule has 7 heteroatoms. The molecule has 1 saturated heterocycles. The fraction of sp³-hybridized carbons (Fsp3) is 0.467. The van der Waals surface area contributed by atoms with E-state index < -0.39 is 5.54 Å². The minimum atomic E-state index is -0.838. The Morgan fingerprint density at radius 2 is 2.23 bits per heavy atom. The number of benzene rings is 1. The van der Waals surface area contributed by atoms with Gasteiger partial charge >= 0.3 is 0 Å². The number of fused-ring (bicyclic) bond motifs is 1. The van der Waals surface area contributed by atoms with Crippen molar-refractivity contribution in [2.75, 3.05) is 19.8 Å². The number of ether oxygens (including phenoxy) is 1. The van der Waals surface area contributed by atoms with Crippen LogP contribution in [-0.4, -0.2) is 41.2 Å². The van der Waals surface area contributed by atoms with Gasteiger partial charge < -0.3 is 20.8 Å². The van der Waals surface area contributed by atoms with Crippen LogP contribution in [0.5, 0.6) is 0 Å². The Kier molecular flexibility index (Phi) is 4.08. The Hall–Kier alpha value is -1.99. The SMILES string of the molecule is NC1(C(=O)NCCc2nc3ccc(F)cc3[nH]2)CCOCC1. The number of halogens is 1. The lowest BCUT2D eigenvalue weighted by Crippen LogP contribution is -2.57. The van der Waals surface area contributed by atoms with Gasteiger partial charge in [0.05, 0.1) is 16.6 Å². The van der Waals surface area contributed by atoms with E-state index in [-0.39, 0.29) is 11.7 Å². The summed E-state index contributed by atoms with van der Waals surface area (Å²) < 4.78 is 18.3. The van der Waals surface area contributed by atoms with E-state index in [0.717, 1.165) is 0 Å². The predicted octanol–water partition coefficient (Wildman–Crippen LogP) is 0.869. The van der Waals surface area contributed by atoms with Crippen molar-refractivity contribution in [1.82, 2.24) is 15.3 Å². The number of H-pyrrole nitrogens is 1. The maximum atomic E-state index is 13.1. The van der Waals surface area contributed by atoms with Gasteiger partial charge in [0.1, 0.15) is 11.6 Å². The minimum Gasteiger partial charge on any atom is -0.381 e. The molecule has 4 N–H and O–H groups in total. The normalized spacial score (nSPS) is 17.5. The number of imidazole rings is 1. The van der Waals surface area contributed by atoms with E-state index in [9.17, 15) is 9.18 Å². The molecule has 3 rings (SSSR count). The average Bonchev–Trinajstić information content (AvgIpc) is 2.89. The number of aromatic amines is 1. The summed E-state index contributed by atoms with van der Waals surface area (Å²) in [5, 5.41) is 2.84. The molecule has 1 amide bonds. The number of hydrogen-bond donors (Lipinski definition) is 3. The summed E-state index contributed by atoms with van der Waals surface area (Å²) in [5.41, 5.74) is 6.63. The maximum absolute atomic E-state index is 13.1. The van der Waals surface area contributed by atoms with E-state index >= 15 is 0 Å². The van der Waals surface area contributed by atoms with Crippen LogP contribution < -0.4 is 11.1 Å². The molecule has 118 valence electrons. The molecule has 0 unspecified atom stereocenters. The molecule has 1 aromatic carbocycles. The second-order valence-electron chi connectivity index (χ2n) is 5.62. The maximum Gasteiger partial charge on any atom is 0.240 e. The van der Waals surface area contributed by atoms with E-state index in [4.69, 9.17) is 10.5 Å². The van der Waals surface area contributed by atoms with Gasteiger partial charge in [-0.2, -0.15) is 0 Å². The molecule has 1 aliphatic heterocycles. The second kappa shape index (κ2) is 6.02. The molecule has 22 heavy (non-hydrogen) atoms. The number of carbonyl (C=O) groups excluding carboxylic acids is 1. The van der Waals surface area contributed by atoms with E-state index in [1.807, 2.05) is 0 Å². The summed E-state index contributed by atoms with van der Waals surface area (Å²) in [6.07, 6.45) is 1.60. The van der Waals surface area contributed by atoms with Crippen molar-refractivity contribution in [2.45, 2.75) is 24.8 Å². The van der Waals surface area contributed by atoms with Crippen LogP contribution in [0.15, 0.2) is 18.2 Å². The number of carbonyl (C=O) groups is 1. The van der Waals surface area contributed by atoms with Gasteiger partial charge in [-0.1, -0.05) is 0 Å². The summed E-state index contributed by atoms with van der Waals surface area (Å²) in [6.45, 7) is 1.46. The first-order chi connectivity index (χ1) is 10.6. The molecule has 1 aliphatic rings. The molecule has 0 radical (unpaired) electrons. The summed E-state index contributed by atoms with van der Waals surface area (Å²) in [4.78, 5) is 19.6. The molecule has 0 aliphatic carbocycles. The smallest absolute Gasteiger partial charge is 0.240 e. The molecule has 1 fully saturated rings. The van der Waals surface area contributed by atoms with E-state index in [1.54, 1.807) is 6.07 Å². The lowest BCUT2D eigenvalue weighted by Gasteiger charge is -2.31. The summed E-state index contributed by atoms with van der Waals surface area (Å²) in [5.74, 6) is 0.248. The monoisotopic (exact) mass is 306 g/mol. The molecule has 2 aromatic rings. The molecule has 0 saturated carbocycles. The fourth-order valence-electron chi connectivity index (χ4n) is 2.59. The molecule has 1 aromatic heterocycles. The number of nitrogens with zero attached hydrogens (tertiary/aromatic N) is 1. The number of amides is 1. The zero-order chi connectivity index (χ0) is 15.6. The van der Waals surface area contributed by atoms with Crippen molar-refractivity contribution < 1.29 is 13.9 Å². The van der Waals surface area contributed by atoms with Gasteiger partial charge in [-0.15, -0.1) is 0 Å². The summed E-state index contributed by atoms with van der Waals surface area (Å²) in [7, 11) is 0. The molecule has 6 nitrogen and oxygen atoms in total. The van der Waals surface area contributed by atoms with Crippen LogP contribution in [0.3, 0.4) is 0 Å². The average molecular weight is 306 g/mol. The highest BCUT2D eigenvalue weighted by molar-refractivity contribution is 5.86. The van der Waals surface area contributed by atoms with Crippen LogP contribution in [-0.2, 0) is 16.0 Å². The summed E-state index contributed by atoms with van der Waals surface area (Å²) >= 11 is 0. The quantitative estimate of drug-likeness (QED) is 0.781.